The first-order chi connectivity index (χ1) is 10.8. The lowest BCUT2D eigenvalue weighted by atomic mass is 10.0. The topological polar surface area (TPSA) is 33.2 Å². The Balaban J connectivity index is 1.66. The van der Waals surface area contributed by atoms with Crippen LogP contribution in [0.3, 0.4) is 0 Å². The van der Waals surface area contributed by atoms with Crippen molar-refractivity contribution in [2.75, 3.05) is 6.54 Å². The lowest BCUT2D eigenvalue weighted by Crippen LogP contribution is -2.30. The number of likely N-dealkylation sites (tertiary alicyclic amines) is 1. The maximum absolute atomic E-state index is 12.9. The number of benzene rings is 2. The van der Waals surface area contributed by atoms with Crippen LogP contribution < -0.4 is 0 Å². The summed E-state index contributed by atoms with van der Waals surface area (Å²) in [5.74, 6) is 0.127. The van der Waals surface area contributed by atoms with Gasteiger partial charge in [0.2, 0.25) is 0 Å². The van der Waals surface area contributed by atoms with Gasteiger partial charge in [-0.15, -0.1) is 11.3 Å². The van der Waals surface area contributed by atoms with E-state index in [-0.39, 0.29) is 11.9 Å². The minimum absolute atomic E-state index is 0.127. The molecular formula is C18H16N2OS. The van der Waals surface area contributed by atoms with Crippen molar-refractivity contribution in [2.45, 2.75) is 18.9 Å². The molecule has 0 aliphatic carbocycles. The summed E-state index contributed by atoms with van der Waals surface area (Å²) in [5, 5.41) is 0. The fraction of sp³-hybridized carbons (Fsp3) is 0.222. The van der Waals surface area contributed by atoms with Gasteiger partial charge >= 0.3 is 0 Å². The minimum atomic E-state index is 0.127. The van der Waals surface area contributed by atoms with E-state index >= 15 is 0 Å². The van der Waals surface area contributed by atoms with Crippen LogP contribution in [0.2, 0.25) is 0 Å². The summed E-state index contributed by atoms with van der Waals surface area (Å²) < 4.78 is 1.07. The highest BCUT2D eigenvalue weighted by molar-refractivity contribution is 7.16. The second kappa shape index (κ2) is 5.54. The van der Waals surface area contributed by atoms with Crippen molar-refractivity contribution in [1.82, 2.24) is 9.88 Å². The molecule has 3 nitrogen and oxygen atoms in total. The second-order valence-corrected chi connectivity index (χ2v) is 6.49. The molecule has 4 heteroatoms. The Kier molecular flexibility index (Phi) is 3.39. The molecule has 1 aliphatic rings. The van der Waals surface area contributed by atoms with Crippen LogP contribution in [0.5, 0.6) is 0 Å². The van der Waals surface area contributed by atoms with Gasteiger partial charge in [-0.25, -0.2) is 4.98 Å². The summed E-state index contributed by atoms with van der Waals surface area (Å²) >= 11 is 1.58. The first-order valence-corrected chi connectivity index (χ1v) is 8.40. The summed E-state index contributed by atoms with van der Waals surface area (Å²) in [6.45, 7) is 0.832. The number of carbonyl (C=O) groups is 1. The molecule has 0 unspecified atom stereocenters. The maximum Gasteiger partial charge on any atom is 0.254 e. The summed E-state index contributed by atoms with van der Waals surface area (Å²) in [6, 6.07) is 16.3. The van der Waals surface area contributed by atoms with E-state index in [1.807, 2.05) is 46.8 Å². The number of amides is 1. The lowest BCUT2D eigenvalue weighted by molar-refractivity contribution is 0.0736. The van der Waals surface area contributed by atoms with Gasteiger partial charge in [0.25, 0.3) is 5.91 Å². The van der Waals surface area contributed by atoms with E-state index in [0.29, 0.717) is 0 Å². The molecule has 1 aliphatic heterocycles. The standard InChI is InChI=1S/C18H16N2OS/c21-18(14-8-9-15-17(11-14)22-12-19-15)20-10-4-7-16(20)13-5-2-1-3-6-13/h1-3,5-6,8-9,11-12,16H,4,7,10H2/t16-/m0/s1. The SMILES string of the molecule is O=C(c1ccc2ncsc2c1)N1CCC[C@H]1c1ccccc1. The van der Waals surface area contributed by atoms with Gasteiger partial charge in [-0.3, -0.25) is 4.79 Å². The van der Waals surface area contributed by atoms with Gasteiger partial charge in [0, 0.05) is 12.1 Å². The fourth-order valence-corrected chi connectivity index (χ4v) is 3.90. The highest BCUT2D eigenvalue weighted by Crippen LogP contribution is 2.33. The molecule has 0 N–H and O–H groups in total. The van der Waals surface area contributed by atoms with Gasteiger partial charge in [0.15, 0.2) is 0 Å². The molecule has 0 saturated carbocycles. The van der Waals surface area contributed by atoms with Gasteiger partial charge in [0.05, 0.1) is 21.8 Å². The van der Waals surface area contributed by atoms with Crippen molar-refractivity contribution >= 4 is 27.5 Å². The smallest absolute Gasteiger partial charge is 0.254 e. The van der Waals surface area contributed by atoms with Gasteiger partial charge in [-0.05, 0) is 36.6 Å². The van der Waals surface area contributed by atoms with Crippen LogP contribution in [0, 0.1) is 0 Å². The molecular weight excluding hydrogens is 292 g/mol. The molecule has 4 rings (SSSR count). The highest BCUT2D eigenvalue weighted by atomic mass is 32.1. The maximum atomic E-state index is 12.9. The van der Waals surface area contributed by atoms with E-state index in [9.17, 15) is 4.79 Å². The number of hydrogen-bond acceptors (Lipinski definition) is 3. The molecule has 0 bridgehead atoms. The first-order valence-electron chi connectivity index (χ1n) is 7.52. The Labute approximate surface area is 133 Å². The van der Waals surface area contributed by atoms with E-state index in [2.05, 4.69) is 17.1 Å². The van der Waals surface area contributed by atoms with Crippen LogP contribution in [0.15, 0.2) is 54.0 Å². The normalized spacial score (nSPS) is 18.0. The molecule has 22 heavy (non-hydrogen) atoms. The zero-order chi connectivity index (χ0) is 14.9. The van der Waals surface area contributed by atoms with Crippen LogP contribution in [-0.2, 0) is 0 Å². The third-order valence-corrected chi connectivity index (χ3v) is 5.07. The number of rotatable bonds is 2. The molecule has 3 aromatic rings. The van der Waals surface area contributed by atoms with Gasteiger partial charge in [-0.1, -0.05) is 30.3 Å². The second-order valence-electron chi connectivity index (χ2n) is 5.60. The van der Waals surface area contributed by atoms with E-state index in [1.165, 1.54) is 5.56 Å². The molecule has 110 valence electrons. The Morgan fingerprint density at radius 3 is 2.91 bits per heavy atom. The third-order valence-electron chi connectivity index (χ3n) is 4.28. The minimum Gasteiger partial charge on any atom is -0.332 e. The van der Waals surface area contributed by atoms with Crippen molar-refractivity contribution in [1.29, 1.82) is 0 Å². The molecule has 1 saturated heterocycles. The third kappa shape index (κ3) is 2.29. The van der Waals surface area contributed by atoms with Crippen LogP contribution >= 0.6 is 11.3 Å². The van der Waals surface area contributed by atoms with E-state index in [1.54, 1.807) is 11.3 Å². The van der Waals surface area contributed by atoms with Crippen LogP contribution in [-0.4, -0.2) is 22.3 Å². The quantitative estimate of drug-likeness (QED) is 0.708. The summed E-state index contributed by atoms with van der Waals surface area (Å²) in [6.07, 6.45) is 2.10. The molecule has 1 atom stereocenters. The molecule has 2 heterocycles. The van der Waals surface area contributed by atoms with Gasteiger partial charge in [-0.2, -0.15) is 0 Å². The van der Waals surface area contributed by atoms with Crippen molar-refractivity contribution in [3.63, 3.8) is 0 Å². The highest BCUT2D eigenvalue weighted by Gasteiger charge is 2.30. The van der Waals surface area contributed by atoms with Crippen molar-refractivity contribution in [2.24, 2.45) is 0 Å². The molecule has 0 radical (unpaired) electrons. The summed E-state index contributed by atoms with van der Waals surface area (Å²) in [7, 11) is 0. The Hall–Kier alpha value is -2.20. The average molecular weight is 308 g/mol. The molecule has 1 aromatic heterocycles. The van der Waals surface area contributed by atoms with Crippen molar-refractivity contribution in [3.05, 3.63) is 65.2 Å². The van der Waals surface area contributed by atoms with Crippen molar-refractivity contribution in [3.8, 4) is 0 Å². The number of thiazole rings is 1. The number of hydrogen-bond donors (Lipinski definition) is 0. The lowest BCUT2D eigenvalue weighted by Gasteiger charge is -2.25. The number of aromatic nitrogens is 1. The molecule has 0 spiro atoms. The largest absolute Gasteiger partial charge is 0.332 e. The van der Waals surface area contributed by atoms with E-state index in [4.69, 9.17) is 0 Å². The first kappa shape index (κ1) is 13.5. The van der Waals surface area contributed by atoms with Gasteiger partial charge in [0.1, 0.15) is 0 Å². The summed E-state index contributed by atoms with van der Waals surface area (Å²) in [4.78, 5) is 19.2. The van der Waals surface area contributed by atoms with Crippen LogP contribution in [0.4, 0.5) is 0 Å². The Morgan fingerprint density at radius 1 is 1.18 bits per heavy atom. The fourth-order valence-electron chi connectivity index (χ4n) is 3.19. The Bertz CT molecular complexity index is 812. The predicted molar refractivity (Wildman–Crippen MR) is 89.1 cm³/mol. The van der Waals surface area contributed by atoms with E-state index in [0.717, 1.165) is 35.2 Å². The summed E-state index contributed by atoms with van der Waals surface area (Å²) in [5.41, 5.74) is 4.77. The average Bonchev–Trinajstić information content (AvgIpc) is 3.23. The molecule has 1 fully saturated rings. The number of carbonyl (C=O) groups excluding carboxylic acids is 1. The molecule has 2 aromatic carbocycles. The molecule has 1 amide bonds. The predicted octanol–water partition coefficient (Wildman–Crippen LogP) is 4.27. The zero-order valence-electron chi connectivity index (χ0n) is 12.1. The van der Waals surface area contributed by atoms with Gasteiger partial charge < -0.3 is 4.90 Å². The van der Waals surface area contributed by atoms with Crippen molar-refractivity contribution < 1.29 is 4.79 Å². The monoisotopic (exact) mass is 308 g/mol. The zero-order valence-corrected chi connectivity index (χ0v) is 12.9. The van der Waals surface area contributed by atoms with Crippen LogP contribution in [0.25, 0.3) is 10.2 Å². The van der Waals surface area contributed by atoms with Crippen LogP contribution in [0.1, 0.15) is 34.8 Å². The Morgan fingerprint density at radius 2 is 2.05 bits per heavy atom. The number of nitrogens with zero attached hydrogens (tertiary/aromatic N) is 2. The number of fused-ring (bicyclic) bond motifs is 1. The van der Waals surface area contributed by atoms with E-state index < -0.39 is 0 Å².